The standard InChI is InChI=1S/C9H11F2N3O2/c1-9(10,11)2-3-12-7-5-13-6(4-14-7)8(15)16/h4-5H,2-3H2,1H3,(H,12,14)(H,15,16). The molecule has 1 rings (SSSR count). The predicted molar refractivity (Wildman–Crippen MR) is 52.7 cm³/mol. The number of anilines is 1. The molecule has 0 atom stereocenters. The van der Waals surface area contributed by atoms with Gasteiger partial charge in [-0.05, 0) is 6.92 Å². The largest absolute Gasteiger partial charge is 0.476 e. The summed E-state index contributed by atoms with van der Waals surface area (Å²) in [5, 5.41) is 11.2. The highest BCUT2D eigenvalue weighted by atomic mass is 19.3. The molecule has 1 aromatic heterocycles. The molecule has 0 aromatic carbocycles. The highest BCUT2D eigenvalue weighted by Crippen LogP contribution is 2.16. The van der Waals surface area contributed by atoms with Crippen LogP contribution in [0.2, 0.25) is 0 Å². The molecule has 16 heavy (non-hydrogen) atoms. The molecule has 0 unspecified atom stereocenters. The Labute approximate surface area is 90.5 Å². The second kappa shape index (κ2) is 4.82. The number of alkyl halides is 2. The van der Waals surface area contributed by atoms with Gasteiger partial charge in [0.15, 0.2) is 5.69 Å². The van der Waals surface area contributed by atoms with Crippen LogP contribution in [0, 0.1) is 0 Å². The average Bonchev–Trinajstić information content (AvgIpc) is 2.16. The molecule has 7 heteroatoms. The zero-order valence-corrected chi connectivity index (χ0v) is 8.57. The van der Waals surface area contributed by atoms with Crippen molar-refractivity contribution in [2.75, 3.05) is 11.9 Å². The normalized spacial score (nSPS) is 11.2. The fraction of sp³-hybridized carbons (Fsp3) is 0.444. The van der Waals surface area contributed by atoms with Crippen molar-refractivity contribution in [3.63, 3.8) is 0 Å². The molecule has 0 spiro atoms. The van der Waals surface area contributed by atoms with E-state index >= 15 is 0 Å². The minimum Gasteiger partial charge on any atom is -0.476 e. The monoisotopic (exact) mass is 231 g/mol. The SMILES string of the molecule is CC(F)(F)CCNc1cnc(C(=O)O)cn1. The zero-order chi connectivity index (χ0) is 12.2. The summed E-state index contributed by atoms with van der Waals surface area (Å²) in [6.07, 6.45) is 1.93. The highest BCUT2D eigenvalue weighted by molar-refractivity contribution is 5.84. The Kier molecular flexibility index (Phi) is 3.70. The first kappa shape index (κ1) is 12.3. The van der Waals surface area contributed by atoms with Crippen LogP contribution in [-0.2, 0) is 0 Å². The lowest BCUT2D eigenvalue weighted by Gasteiger charge is -2.10. The molecule has 0 bridgehead atoms. The van der Waals surface area contributed by atoms with Gasteiger partial charge in [0.1, 0.15) is 5.82 Å². The number of carboxylic acids is 1. The summed E-state index contributed by atoms with van der Waals surface area (Å²) < 4.78 is 24.9. The van der Waals surface area contributed by atoms with E-state index in [2.05, 4.69) is 15.3 Å². The third kappa shape index (κ3) is 4.16. The Hall–Kier alpha value is -1.79. The van der Waals surface area contributed by atoms with Crippen molar-refractivity contribution in [1.29, 1.82) is 0 Å². The third-order valence-corrected chi connectivity index (χ3v) is 1.74. The Morgan fingerprint density at radius 1 is 1.50 bits per heavy atom. The van der Waals surface area contributed by atoms with Crippen molar-refractivity contribution >= 4 is 11.8 Å². The van der Waals surface area contributed by atoms with E-state index in [-0.39, 0.29) is 24.5 Å². The van der Waals surface area contributed by atoms with Crippen LogP contribution in [0.5, 0.6) is 0 Å². The van der Waals surface area contributed by atoms with E-state index in [4.69, 9.17) is 5.11 Å². The summed E-state index contributed by atoms with van der Waals surface area (Å²) in [5.74, 6) is -3.64. The maximum absolute atomic E-state index is 12.4. The molecule has 0 saturated heterocycles. The van der Waals surface area contributed by atoms with Crippen LogP contribution in [-0.4, -0.2) is 33.5 Å². The summed E-state index contributed by atoms with van der Waals surface area (Å²) in [5.41, 5.74) is -0.189. The number of hydrogen-bond acceptors (Lipinski definition) is 4. The van der Waals surface area contributed by atoms with Crippen molar-refractivity contribution in [1.82, 2.24) is 9.97 Å². The van der Waals surface area contributed by atoms with E-state index in [1.807, 2.05) is 0 Å². The maximum Gasteiger partial charge on any atom is 0.356 e. The number of nitrogens with one attached hydrogen (secondary N) is 1. The number of aromatic carboxylic acids is 1. The predicted octanol–water partition coefficient (Wildman–Crippen LogP) is 1.63. The molecule has 0 saturated carbocycles. The third-order valence-electron chi connectivity index (χ3n) is 1.74. The Balaban J connectivity index is 2.47. The van der Waals surface area contributed by atoms with Gasteiger partial charge in [0.25, 0.3) is 0 Å². The van der Waals surface area contributed by atoms with Gasteiger partial charge in [-0.25, -0.2) is 23.5 Å². The van der Waals surface area contributed by atoms with E-state index in [0.29, 0.717) is 0 Å². The van der Waals surface area contributed by atoms with Crippen LogP contribution < -0.4 is 5.32 Å². The lowest BCUT2D eigenvalue weighted by atomic mass is 10.3. The van der Waals surface area contributed by atoms with E-state index in [0.717, 1.165) is 13.1 Å². The van der Waals surface area contributed by atoms with Gasteiger partial charge in [-0.3, -0.25) is 0 Å². The molecule has 0 fully saturated rings. The van der Waals surface area contributed by atoms with Crippen molar-refractivity contribution in [3.8, 4) is 0 Å². The molecule has 0 aliphatic carbocycles. The van der Waals surface area contributed by atoms with Crippen molar-refractivity contribution in [3.05, 3.63) is 18.1 Å². The summed E-state index contributed by atoms with van der Waals surface area (Å²) in [4.78, 5) is 17.7. The van der Waals surface area contributed by atoms with Gasteiger partial charge in [-0.2, -0.15) is 0 Å². The van der Waals surface area contributed by atoms with Crippen LogP contribution >= 0.6 is 0 Å². The zero-order valence-electron chi connectivity index (χ0n) is 8.57. The van der Waals surface area contributed by atoms with Gasteiger partial charge in [0.05, 0.1) is 12.4 Å². The van der Waals surface area contributed by atoms with E-state index < -0.39 is 11.9 Å². The second-order valence-electron chi connectivity index (χ2n) is 3.34. The number of carbonyl (C=O) groups is 1. The Bertz CT molecular complexity index is 362. The minimum absolute atomic E-state index is 0.0462. The van der Waals surface area contributed by atoms with Gasteiger partial charge in [-0.15, -0.1) is 0 Å². The van der Waals surface area contributed by atoms with Crippen LogP contribution in [0.25, 0.3) is 0 Å². The molecule has 0 aliphatic heterocycles. The van der Waals surface area contributed by atoms with Crippen molar-refractivity contribution in [2.24, 2.45) is 0 Å². The van der Waals surface area contributed by atoms with Gasteiger partial charge >= 0.3 is 5.97 Å². The molecule has 0 radical (unpaired) electrons. The molecule has 5 nitrogen and oxygen atoms in total. The summed E-state index contributed by atoms with van der Waals surface area (Å²) in [6.45, 7) is 0.873. The Morgan fingerprint density at radius 3 is 2.62 bits per heavy atom. The fourth-order valence-corrected chi connectivity index (χ4v) is 0.940. The molecule has 0 aliphatic rings. The van der Waals surface area contributed by atoms with Gasteiger partial charge in [-0.1, -0.05) is 0 Å². The van der Waals surface area contributed by atoms with Crippen molar-refractivity contribution in [2.45, 2.75) is 19.3 Å². The number of aromatic nitrogens is 2. The molecule has 1 heterocycles. The molecular weight excluding hydrogens is 220 g/mol. The summed E-state index contributed by atoms with van der Waals surface area (Å²) >= 11 is 0. The van der Waals surface area contributed by atoms with Gasteiger partial charge in [0.2, 0.25) is 5.92 Å². The van der Waals surface area contributed by atoms with E-state index in [1.54, 1.807) is 0 Å². The molecule has 1 aromatic rings. The second-order valence-corrected chi connectivity index (χ2v) is 3.34. The first-order chi connectivity index (χ1) is 7.38. The lowest BCUT2D eigenvalue weighted by Crippen LogP contribution is -2.16. The Morgan fingerprint density at radius 2 is 2.19 bits per heavy atom. The van der Waals surface area contributed by atoms with Crippen LogP contribution in [0.15, 0.2) is 12.4 Å². The van der Waals surface area contributed by atoms with E-state index in [9.17, 15) is 13.6 Å². The molecule has 88 valence electrons. The van der Waals surface area contributed by atoms with E-state index in [1.165, 1.54) is 6.20 Å². The number of nitrogens with zero attached hydrogens (tertiary/aromatic N) is 2. The van der Waals surface area contributed by atoms with Crippen LogP contribution in [0.4, 0.5) is 14.6 Å². The average molecular weight is 231 g/mol. The summed E-state index contributed by atoms with van der Waals surface area (Å²) in [7, 11) is 0. The first-order valence-corrected chi connectivity index (χ1v) is 4.55. The molecule has 0 amide bonds. The van der Waals surface area contributed by atoms with Crippen molar-refractivity contribution < 1.29 is 18.7 Å². The summed E-state index contributed by atoms with van der Waals surface area (Å²) in [6, 6.07) is 0. The van der Waals surface area contributed by atoms with Crippen LogP contribution in [0.1, 0.15) is 23.8 Å². The topological polar surface area (TPSA) is 75.1 Å². The quantitative estimate of drug-likeness (QED) is 0.805. The van der Waals surface area contributed by atoms with Gasteiger partial charge in [0, 0.05) is 13.0 Å². The number of halogens is 2. The smallest absolute Gasteiger partial charge is 0.356 e. The highest BCUT2D eigenvalue weighted by Gasteiger charge is 2.19. The van der Waals surface area contributed by atoms with Gasteiger partial charge < -0.3 is 10.4 Å². The van der Waals surface area contributed by atoms with Crippen LogP contribution in [0.3, 0.4) is 0 Å². The lowest BCUT2D eigenvalue weighted by molar-refractivity contribution is 0.0166. The maximum atomic E-state index is 12.4. The number of rotatable bonds is 5. The number of hydrogen-bond donors (Lipinski definition) is 2. The minimum atomic E-state index is -2.73. The molecule has 2 N–H and O–H groups in total. The number of carboxylic acid groups (broad SMARTS) is 1. The molecular formula is C9H11F2N3O2. The fourth-order valence-electron chi connectivity index (χ4n) is 0.940. The first-order valence-electron chi connectivity index (χ1n) is 4.55.